The number of hydrogen-bond donors (Lipinski definition) is 1. The Labute approximate surface area is 188 Å². The van der Waals surface area contributed by atoms with Gasteiger partial charge in [-0.1, -0.05) is 77.6 Å². The van der Waals surface area contributed by atoms with Crippen LogP contribution in [0, 0.1) is 17.8 Å². The maximum Gasteiger partial charge on any atom is 0.223 e. The average molecular weight is 422 g/mol. The fourth-order valence-electron chi connectivity index (χ4n) is 5.91. The molecule has 1 amide bonds. The molecule has 3 heteroatoms. The van der Waals surface area contributed by atoms with Crippen molar-refractivity contribution in [3.05, 3.63) is 0 Å². The van der Waals surface area contributed by atoms with E-state index in [-0.39, 0.29) is 0 Å². The maximum atomic E-state index is 12.4. The van der Waals surface area contributed by atoms with Gasteiger partial charge in [-0.2, -0.15) is 0 Å². The van der Waals surface area contributed by atoms with Gasteiger partial charge in [0.1, 0.15) is 0 Å². The first-order chi connectivity index (χ1) is 14.5. The molecule has 1 N–H and O–H groups in total. The van der Waals surface area contributed by atoms with E-state index >= 15 is 0 Å². The Morgan fingerprint density at radius 2 is 1.33 bits per heavy atom. The zero-order chi connectivity index (χ0) is 21.7. The second-order valence-corrected chi connectivity index (χ2v) is 11.2. The van der Waals surface area contributed by atoms with Gasteiger partial charge in [-0.3, -0.25) is 4.79 Å². The van der Waals surface area contributed by atoms with Crippen molar-refractivity contribution in [1.82, 2.24) is 5.32 Å². The summed E-state index contributed by atoms with van der Waals surface area (Å²) < 4.78 is 1.10. The van der Waals surface area contributed by atoms with E-state index < -0.39 is 0 Å². The molecule has 0 heterocycles. The highest BCUT2D eigenvalue weighted by molar-refractivity contribution is 5.79. The Balaban J connectivity index is 1.37. The Morgan fingerprint density at radius 1 is 0.767 bits per heavy atom. The van der Waals surface area contributed by atoms with Crippen molar-refractivity contribution in [2.45, 2.75) is 116 Å². The fraction of sp³-hybridized carbons (Fsp3) is 0.963. The topological polar surface area (TPSA) is 29.1 Å². The minimum absolute atomic E-state index is 0.340. The highest BCUT2D eigenvalue weighted by atomic mass is 16.1. The highest BCUT2D eigenvalue weighted by Crippen LogP contribution is 2.48. The molecule has 0 spiro atoms. The number of amides is 1. The highest BCUT2D eigenvalue weighted by Gasteiger charge is 2.42. The molecule has 0 radical (unpaired) electrons. The third-order valence-corrected chi connectivity index (χ3v) is 7.93. The van der Waals surface area contributed by atoms with Crippen LogP contribution in [0.4, 0.5) is 0 Å². The summed E-state index contributed by atoms with van der Waals surface area (Å²) in [7, 11) is 4.71. The monoisotopic (exact) mass is 421 g/mol. The van der Waals surface area contributed by atoms with Crippen molar-refractivity contribution in [1.29, 1.82) is 0 Å². The third-order valence-electron chi connectivity index (χ3n) is 7.93. The van der Waals surface area contributed by atoms with Gasteiger partial charge in [-0.25, -0.2) is 0 Å². The van der Waals surface area contributed by atoms with E-state index in [2.05, 4.69) is 26.3 Å². The molecule has 0 saturated heterocycles. The van der Waals surface area contributed by atoms with Crippen LogP contribution >= 0.6 is 0 Å². The molecule has 0 aromatic carbocycles. The number of carbonyl (C=O) groups excluding carboxylic acids is 1. The number of unbranched alkanes of at least 4 members (excludes halogenated alkanes) is 11. The quantitative estimate of drug-likeness (QED) is 0.193. The minimum Gasteiger partial charge on any atom is -0.356 e. The minimum atomic E-state index is 0.340. The lowest BCUT2D eigenvalue weighted by atomic mass is 9.88. The molecule has 176 valence electrons. The molecule has 30 heavy (non-hydrogen) atoms. The van der Waals surface area contributed by atoms with Gasteiger partial charge in [0.2, 0.25) is 5.91 Å². The number of nitrogens with one attached hydrogen (secondary N) is 1. The van der Waals surface area contributed by atoms with Crippen molar-refractivity contribution in [2.75, 3.05) is 33.7 Å². The lowest BCUT2D eigenvalue weighted by Gasteiger charge is -2.30. The predicted molar refractivity (Wildman–Crippen MR) is 129 cm³/mol. The second kappa shape index (κ2) is 14.5. The van der Waals surface area contributed by atoms with E-state index in [4.69, 9.17) is 0 Å². The summed E-state index contributed by atoms with van der Waals surface area (Å²) in [6, 6.07) is 0. The summed E-state index contributed by atoms with van der Waals surface area (Å²) in [5.41, 5.74) is 0. The molecule has 3 nitrogen and oxygen atoms in total. The van der Waals surface area contributed by atoms with Gasteiger partial charge >= 0.3 is 0 Å². The molecule has 2 aliphatic carbocycles. The first-order valence-corrected chi connectivity index (χ1v) is 13.6. The van der Waals surface area contributed by atoms with Crippen molar-refractivity contribution in [2.24, 2.45) is 17.8 Å². The van der Waals surface area contributed by atoms with Crippen molar-refractivity contribution >= 4 is 5.91 Å². The van der Waals surface area contributed by atoms with Crippen LogP contribution in [0.5, 0.6) is 0 Å². The van der Waals surface area contributed by atoms with Gasteiger partial charge in [0.15, 0.2) is 0 Å². The SMILES string of the molecule is CCCCCCCCCCCCCC[N+](C)(C)CCCNC(=O)C1CC2CCC1C2. The first kappa shape index (κ1) is 25.7. The van der Waals surface area contributed by atoms with E-state index in [9.17, 15) is 4.79 Å². The fourth-order valence-corrected chi connectivity index (χ4v) is 5.91. The van der Waals surface area contributed by atoms with Crippen LogP contribution in [0.1, 0.15) is 116 Å². The average Bonchev–Trinajstić information content (AvgIpc) is 3.35. The molecule has 3 unspecified atom stereocenters. The molecule has 0 aromatic heterocycles. The Bertz CT molecular complexity index is 462. The predicted octanol–water partition coefficient (Wildman–Crippen LogP) is 6.71. The van der Waals surface area contributed by atoms with E-state index in [0.717, 1.165) is 29.8 Å². The van der Waals surface area contributed by atoms with Gasteiger partial charge in [0.05, 0.1) is 27.2 Å². The van der Waals surface area contributed by atoms with Crippen LogP contribution < -0.4 is 5.32 Å². The number of carbonyl (C=O) groups is 1. The molecule has 2 fully saturated rings. The van der Waals surface area contributed by atoms with Crippen LogP contribution in [-0.2, 0) is 4.79 Å². The van der Waals surface area contributed by atoms with Crippen molar-refractivity contribution in [3.63, 3.8) is 0 Å². The van der Waals surface area contributed by atoms with Crippen LogP contribution in [0.3, 0.4) is 0 Å². The van der Waals surface area contributed by atoms with Crippen molar-refractivity contribution < 1.29 is 9.28 Å². The zero-order valence-electron chi connectivity index (χ0n) is 20.7. The third kappa shape index (κ3) is 10.2. The van der Waals surface area contributed by atoms with E-state index in [1.165, 1.54) is 109 Å². The van der Waals surface area contributed by atoms with E-state index in [0.29, 0.717) is 17.7 Å². The van der Waals surface area contributed by atoms with Crippen LogP contribution in [0.15, 0.2) is 0 Å². The summed E-state index contributed by atoms with van der Waals surface area (Å²) in [5.74, 6) is 2.26. The van der Waals surface area contributed by atoms with Gasteiger partial charge in [-0.05, 0) is 43.9 Å². The number of hydrogen-bond acceptors (Lipinski definition) is 1. The molecule has 2 saturated carbocycles. The van der Waals surface area contributed by atoms with Gasteiger partial charge in [-0.15, -0.1) is 0 Å². The Hall–Kier alpha value is -0.570. The largest absolute Gasteiger partial charge is 0.356 e. The molecule has 0 aromatic rings. The first-order valence-electron chi connectivity index (χ1n) is 13.6. The maximum absolute atomic E-state index is 12.4. The Kier molecular flexibility index (Phi) is 12.4. The number of fused-ring (bicyclic) bond motifs is 2. The van der Waals surface area contributed by atoms with Gasteiger partial charge in [0.25, 0.3) is 0 Å². The van der Waals surface area contributed by atoms with Crippen LogP contribution in [0.2, 0.25) is 0 Å². The number of quaternary nitrogens is 1. The van der Waals surface area contributed by atoms with Crippen LogP contribution in [0.25, 0.3) is 0 Å². The second-order valence-electron chi connectivity index (χ2n) is 11.2. The molecule has 0 aliphatic heterocycles. The normalized spacial score (nSPS) is 23.2. The zero-order valence-corrected chi connectivity index (χ0v) is 20.7. The summed E-state index contributed by atoms with van der Waals surface area (Å²) in [5, 5.41) is 3.25. The molecular weight excluding hydrogens is 368 g/mol. The molecular formula is C27H53N2O+. The molecule has 2 bridgehead atoms. The Morgan fingerprint density at radius 3 is 1.87 bits per heavy atom. The standard InChI is InChI=1S/C27H52N2O/c1-4-5-6-7-8-9-10-11-12-13-14-15-20-29(2,3)21-16-19-28-27(30)26-23-24-17-18-25(26)22-24/h24-26H,4-23H2,1-3H3/p+1. The number of nitrogens with zero attached hydrogens (tertiary/aromatic N) is 1. The lowest BCUT2D eigenvalue weighted by molar-refractivity contribution is -0.890. The van der Waals surface area contributed by atoms with Gasteiger partial charge < -0.3 is 9.80 Å². The van der Waals surface area contributed by atoms with Crippen molar-refractivity contribution in [3.8, 4) is 0 Å². The molecule has 2 aliphatic rings. The summed E-state index contributed by atoms with van der Waals surface area (Å²) in [6.07, 6.45) is 23.3. The van der Waals surface area contributed by atoms with Crippen LogP contribution in [-0.4, -0.2) is 44.1 Å². The summed E-state index contributed by atoms with van der Waals surface area (Å²) in [6.45, 7) is 5.61. The van der Waals surface area contributed by atoms with E-state index in [1.54, 1.807) is 0 Å². The molecule has 2 rings (SSSR count). The van der Waals surface area contributed by atoms with Gasteiger partial charge in [0, 0.05) is 18.9 Å². The lowest BCUT2D eigenvalue weighted by Crippen LogP contribution is -2.43. The van der Waals surface area contributed by atoms with E-state index in [1.807, 2.05) is 0 Å². The summed E-state index contributed by atoms with van der Waals surface area (Å²) >= 11 is 0. The smallest absolute Gasteiger partial charge is 0.223 e. The molecule has 3 atom stereocenters. The summed E-state index contributed by atoms with van der Waals surface area (Å²) in [4.78, 5) is 12.4. The number of rotatable bonds is 18.